The normalized spacial score (nSPS) is 15.3. The Kier molecular flexibility index (Phi) is 8.87. The van der Waals surface area contributed by atoms with Gasteiger partial charge in [0.25, 0.3) is 0 Å². The Bertz CT molecular complexity index is 640. The summed E-state index contributed by atoms with van der Waals surface area (Å²) in [5, 5.41) is 10.1. The zero-order valence-electron chi connectivity index (χ0n) is 13.5. The first-order chi connectivity index (χ1) is 10.5. The summed E-state index contributed by atoms with van der Waals surface area (Å²) < 4.78 is 27.0. The van der Waals surface area contributed by atoms with Crippen LogP contribution in [0.3, 0.4) is 0 Å². The summed E-state index contributed by atoms with van der Waals surface area (Å²) in [5.41, 5.74) is 0.561. The molecule has 0 aromatic heterocycles. The molecule has 1 amide bonds. The molecule has 0 spiro atoms. The van der Waals surface area contributed by atoms with Gasteiger partial charge in [-0.15, -0.1) is 5.11 Å². The number of benzene rings is 1. The maximum Gasteiger partial charge on any atom is 1.00 e. The fourth-order valence-corrected chi connectivity index (χ4v) is 3.00. The van der Waals surface area contributed by atoms with Crippen molar-refractivity contribution in [1.82, 2.24) is 5.01 Å². The molecule has 0 atom stereocenters. The van der Waals surface area contributed by atoms with Gasteiger partial charge in [-0.05, 0) is 49.9 Å². The first-order valence-corrected chi connectivity index (χ1v) is 8.73. The Labute approximate surface area is 179 Å². The van der Waals surface area contributed by atoms with Crippen molar-refractivity contribution in [1.29, 1.82) is 0 Å². The summed E-state index contributed by atoms with van der Waals surface area (Å²) in [5.74, 6) is -0.658. The number of carbonyl (C=O) groups is 1. The van der Waals surface area contributed by atoms with Crippen LogP contribution in [-0.4, -0.2) is 32.4 Å². The fourth-order valence-electron chi connectivity index (χ4n) is 2.02. The number of carbonyl (C=O) groups excluding carboxylic acids is 1. The van der Waals surface area contributed by atoms with Crippen LogP contribution in [0.2, 0.25) is 0 Å². The third kappa shape index (κ3) is 6.59. The van der Waals surface area contributed by atoms with Gasteiger partial charge in [-0.3, -0.25) is 5.01 Å². The Morgan fingerprint density at radius 1 is 1.17 bits per heavy atom. The molecule has 0 bridgehead atoms. The number of sulfonamides is 1. The van der Waals surface area contributed by atoms with Crippen LogP contribution in [0.15, 0.2) is 39.5 Å². The molecule has 0 unspecified atom stereocenters. The van der Waals surface area contributed by atoms with Crippen LogP contribution < -0.4 is 51.4 Å². The average molecular weight is 362 g/mol. The second-order valence-electron chi connectivity index (χ2n) is 5.01. The summed E-state index contributed by atoms with van der Waals surface area (Å²) in [7, 11) is -3.93. The Hall–Kier alpha value is -0.324. The van der Waals surface area contributed by atoms with Crippen molar-refractivity contribution in [3.05, 3.63) is 29.0 Å². The topological polar surface area (TPSA) is 93.3 Å². The molecule has 1 aliphatic heterocycles. The van der Waals surface area contributed by atoms with Crippen molar-refractivity contribution in [3.63, 3.8) is 0 Å². The Morgan fingerprint density at radius 2 is 1.78 bits per heavy atom. The van der Waals surface area contributed by atoms with Gasteiger partial charge in [-0.2, -0.15) is 0 Å². The van der Waals surface area contributed by atoms with Gasteiger partial charge < -0.3 is 9.52 Å². The van der Waals surface area contributed by atoms with Crippen molar-refractivity contribution < 1.29 is 64.6 Å². The Morgan fingerprint density at radius 3 is 2.35 bits per heavy atom. The van der Waals surface area contributed by atoms with E-state index in [-0.39, 0.29) is 62.7 Å². The summed E-state index contributed by atoms with van der Waals surface area (Å²) in [6.07, 6.45) is 3.51. The van der Waals surface area contributed by atoms with Gasteiger partial charge in [0.15, 0.2) is 0 Å². The molecule has 2 rings (SSSR count). The smallest absolute Gasteiger partial charge is 0.542 e. The largest absolute Gasteiger partial charge is 1.00 e. The van der Waals surface area contributed by atoms with E-state index >= 15 is 0 Å². The molecule has 1 fully saturated rings. The van der Waals surface area contributed by atoms with E-state index in [2.05, 4.69) is 15.1 Å². The van der Waals surface area contributed by atoms with E-state index in [4.69, 9.17) is 0 Å². The van der Waals surface area contributed by atoms with Crippen LogP contribution in [-0.2, 0) is 14.8 Å². The first-order valence-electron chi connectivity index (χ1n) is 7.29. The van der Waals surface area contributed by atoms with E-state index in [1.807, 2.05) is 5.01 Å². The van der Waals surface area contributed by atoms with Gasteiger partial charge in [-0.1, -0.05) is 12.1 Å². The van der Waals surface area contributed by atoms with Crippen LogP contribution in [0.5, 0.6) is 0 Å². The fraction of sp³-hybridized carbons (Fsp3) is 0.500. The molecular formula is C14H19KN4O3S. The number of hydrogen-bond acceptors (Lipinski definition) is 5. The molecule has 1 aliphatic rings. The van der Waals surface area contributed by atoms with E-state index in [1.165, 1.54) is 18.6 Å². The van der Waals surface area contributed by atoms with E-state index in [1.54, 1.807) is 19.1 Å². The summed E-state index contributed by atoms with van der Waals surface area (Å²) in [6, 6.07) is 5.86. The molecular weight excluding hydrogens is 343 g/mol. The third-order valence-corrected chi connectivity index (χ3v) is 4.59. The number of piperidine rings is 1. The molecule has 9 heteroatoms. The summed E-state index contributed by atoms with van der Waals surface area (Å²) >= 11 is 0. The molecule has 1 saturated heterocycles. The van der Waals surface area contributed by atoms with Gasteiger partial charge in [0.05, 0.1) is 16.5 Å². The quantitative estimate of drug-likeness (QED) is 0.551. The summed E-state index contributed by atoms with van der Waals surface area (Å²) in [4.78, 5) is 11.1. The predicted molar refractivity (Wildman–Crippen MR) is 82.2 cm³/mol. The SMILES string of the molecule is CCC(=O)[N-]S(=O)(=O)c1ccc(N=NN2CCCCC2)cc1.[K+]. The second kappa shape index (κ2) is 9.85. The minimum absolute atomic E-state index is 0. The van der Waals surface area contributed by atoms with Crippen molar-refractivity contribution >= 4 is 21.6 Å². The zero-order chi connectivity index (χ0) is 16.0. The van der Waals surface area contributed by atoms with Crippen LogP contribution in [0.4, 0.5) is 5.69 Å². The number of amides is 1. The molecule has 120 valence electrons. The molecule has 0 aliphatic carbocycles. The predicted octanol–water partition coefficient (Wildman–Crippen LogP) is 0.174. The molecule has 0 N–H and O–H groups in total. The molecule has 0 saturated carbocycles. The molecule has 23 heavy (non-hydrogen) atoms. The van der Waals surface area contributed by atoms with Gasteiger partial charge in [0, 0.05) is 13.1 Å². The Balaban J connectivity index is 0.00000264. The van der Waals surface area contributed by atoms with E-state index in [0.717, 1.165) is 25.9 Å². The van der Waals surface area contributed by atoms with Crippen LogP contribution in [0.1, 0.15) is 32.6 Å². The monoisotopic (exact) mass is 362 g/mol. The van der Waals surface area contributed by atoms with Gasteiger partial charge in [-0.25, -0.2) is 8.42 Å². The molecule has 1 aromatic rings. The van der Waals surface area contributed by atoms with Crippen molar-refractivity contribution in [2.24, 2.45) is 10.3 Å². The van der Waals surface area contributed by atoms with Crippen LogP contribution in [0, 0.1) is 0 Å². The number of rotatable bonds is 5. The molecule has 0 radical (unpaired) electrons. The minimum Gasteiger partial charge on any atom is -0.542 e. The molecule has 1 aromatic carbocycles. The van der Waals surface area contributed by atoms with E-state index < -0.39 is 15.9 Å². The first kappa shape index (κ1) is 20.7. The van der Waals surface area contributed by atoms with Crippen molar-refractivity contribution in [2.75, 3.05) is 13.1 Å². The maximum atomic E-state index is 11.9. The minimum atomic E-state index is -3.93. The van der Waals surface area contributed by atoms with Crippen molar-refractivity contribution in [2.45, 2.75) is 37.5 Å². The summed E-state index contributed by atoms with van der Waals surface area (Å²) in [6.45, 7) is 3.35. The van der Waals surface area contributed by atoms with E-state index in [9.17, 15) is 13.2 Å². The van der Waals surface area contributed by atoms with Crippen LogP contribution >= 0.6 is 0 Å². The van der Waals surface area contributed by atoms with E-state index in [0.29, 0.717) is 5.69 Å². The molecule has 7 nitrogen and oxygen atoms in total. The standard InChI is InChI=1S/C14H20N4O3S.K/c1-2-14(19)16-22(20,21)13-8-6-12(7-9-13)15-17-18-10-4-3-5-11-18;/h6-9H,2-5,10-11H2,1H3,(H,16,19);/q;+1/p-1. The molecule has 1 heterocycles. The average Bonchev–Trinajstić information content (AvgIpc) is 2.54. The van der Waals surface area contributed by atoms with Crippen LogP contribution in [0.25, 0.3) is 4.72 Å². The third-order valence-electron chi connectivity index (χ3n) is 3.28. The number of nitrogens with zero attached hydrogens (tertiary/aromatic N) is 4. The maximum absolute atomic E-state index is 11.9. The zero-order valence-corrected chi connectivity index (χ0v) is 17.4. The van der Waals surface area contributed by atoms with Gasteiger partial charge in [0.1, 0.15) is 10.0 Å². The second-order valence-corrected chi connectivity index (χ2v) is 6.62. The number of hydrogen-bond donors (Lipinski definition) is 0. The van der Waals surface area contributed by atoms with Gasteiger partial charge in [0.2, 0.25) is 0 Å². The van der Waals surface area contributed by atoms with Crippen molar-refractivity contribution in [3.8, 4) is 0 Å². The van der Waals surface area contributed by atoms with Gasteiger partial charge >= 0.3 is 51.4 Å².